The van der Waals surface area contributed by atoms with Gasteiger partial charge in [-0.05, 0) is 71.1 Å². The number of anilines is 2. The Bertz CT molecular complexity index is 4360. The molecule has 436 valence electrons. The smallest absolute Gasteiger partial charge is 0.324 e. The van der Waals surface area contributed by atoms with Crippen molar-refractivity contribution in [1.29, 1.82) is 0 Å². The number of ether oxygens (including phenoxy) is 1. The fourth-order valence-corrected chi connectivity index (χ4v) is 11.9. The summed E-state index contributed by atoms with van der Waals surface area (Å²) < 4.78 is 39.8. The molecular weight excluding hydrogens is 1120 g/mol. The van der Waals surface area contributed by atoms with Gasteiger partial charge in [0, 0.05) is 66.0 Å². The summed E-state index contributed by atoms with van der Waals surface area (Å²) in [5.74, 6) is -4.77. The zero-order chi connectivity index (χ0) is 59.7. The van der Waals surface area contributed by atoms with Gasteiger partial charge in [-0.15, -0.1) is 0 Å². The summed E-state index contributed by atoms with van der Waals surface area (Å²) in [5.41, 5.74) is 16.5. The van der Waals surface area contributed by atoms with E-state index >= 15 is 4.39 Å². The van der Waals surface area contributed by atoms with E-state index in [1.54, 1.807) is 66.9 Å². The molecule has 7 N–H and O–H groups in total. The minimum atomic E-state index is -1.54. The predicted molar refractivity (Wildman–Crippen MR) is 297 cm³/mol. The molecule has 3 fully saturated rings. The number of cyclic esters (lactones) is 1. The maximum Gasteiger partial charge on any atom is 0.324 e. The third-order valence-corrected chi connectivity index (χ3v) is 16.0. The number of nitrogens with two attached hydrogens (primary N) is 2. The van der Waals surface area contributed by atoms with Crippen molar-refractivity contribution < 1.29 is 47.1 Å². The number of fused-ring (bicyclic) bond motifs is 4. The van der Waals surface area contributed by atoms with Gasteiger partial charge < -0.3 is 36.6 Å². The second-order valence-corrected chi connectivity index (χ2v) is 21.3. The Morgan fingerprint density at radius 2 is 1.35 bits per heavy atom. The number of carbonyl (C=O) groups excluding carboxylic acids is 7. The lowest BCUT2D eigenvalue weighted by atomic mass is 9.95. The normalized spacial score (nSPS) is 20.4. The van der Waals surface area contributed by atoms with Gasteiger partial charge in [-0.3, -0.25) is 57.6 Å². The number of aromatic nitrogens is 12. The van der Waals surface area contributed by atoms with Crippen molar-refractivity contribution in [3.8, 4) is 22.3 Å². The number of hydrogen-bond donors (Lipinski definition) is 5. The van der Waals surface area contributed by atoms with Crippen LogP contribution in [-0.2, 0) is 54.8 Å². The van der Waals surface area contributed by atoms with E-state index in [0.717, 1.165) is 27.7 Å². The largest absolute Gasteiger partial charge is 0.455 e. The number of benzene rings is 3. The summed E-state index contributed by atoms with van der Waals surface area (Å²) >= 11 is 0. The number of nitrogens with zero attached hydrogens (tertiary/aromatic N) is 14. The number of hydrogen-bond acceptors (Lipinski definition) is 18. The average molecular weight is 1170 g/mol. The number of alkyl halides is 2. The van der Waals surface area contributed by atoms with Crippen LogP contribution in [0.1, 0.15) is 63.2 Å². The molecular formula is C56H49F2N19O9. The first kappa shape index (κ1) is 54.5. The van der Waals surface area contributed by atoms with Crippen molar-refractivity contribution in [1.82, 2.24) is 74.2 Å². The molecule has 0 spiro atoms. The lowest BCUT2D eigenvalue weighted by Gasteiger charge is -2.33. The molecule has 10 heterocycles. The van der Waals surface area contributed by atoms with Crippen LogP contribution < -0.4 is 27.7 Å². The summed E-state index contributed by atoms with van der Waals surface area (Å²) in [6, 6.07) is 17.0. The highest BCUT2D eigenvalue weighted by atomic mass is 19.1. The van der Waals surface area contributed by atoms with Gasteiger partial charge in [0.1, 0.15) is 67.5 Å². The number of amides is 6. The van der Waals surface area contributed by atoms with Gasteiger partial charge in [0.15, 0.2) is 11.4 Å². The fourth-order valence-electron chi connectivity index (χ4n) is 11.9. The van der Waals surface area contributed by atoms with E-state index in [2.05, 4.69) is 56.3 Å². The van der Waals surface area contributed by atoms with Gasteiger partial charge in [-0.25, -0.2) is 8.78 Å². The van der Waals surface area contributed by atoms with Crippen molar-refractivity contribution in [2.45, 2.75) is 81.9 Å². The van der Waals surface area contributed by atoms with E-state index in [1.807, 2.05) is 11.0 Å². The first-order valence-corrected chi connectivity index (χ1v) is 27.2. The van der Waals surface area contributed by atoms with E-state index in [0.29, 0.717) is 64.0 Å². The first-order chi connectivity index (χ1) is 41.5. The number of H-pyrrole nitrogens is 1. The molecule has 9 aromatic rings. The zero-order valence-corrected chi connectivity index (χ0v) is 45.1. The van der Waals surface area contributed by atoms with Gasteiger partial charge in [0.05, 0.1) is 42.7 Å². The Morgan fingerprint density at radius 1 is 0.709 bits per heavy atom. The molecule has 4 aliphatic heterocycles. The second kappa shape index (κ2) is 21.8. The topological polar surface area (TPSA) is 365 Å². The molecule has 4 aliphatic rings. The quantitative estimate of drug-likeness (QED) is 0.0969. The molecule has 28 nitrogen and oxygen atoms in total. The molecule has 6 amide bonds. The molecule has 0 aliphatic carbocycles. The van der Waals surface area contributed by atoms with Crippen molar-refractivity contribution in [3.05, 3.63) is 136 Å². The summed E-state index contributed by atoms with van der Waals surface area (Å²) in [6.45, 7) is -0.894. The van der Waals surface area contributed by atoms with Crippen LogP contribution in [0.5, 0.6) is 0 Å². The van der Waals surface area contributed by atoms with Gasteiger partial charge in [-0.1, -0.05) is 24.3 Å². The third-order valence-electron chi connectivity index (χ3n) is 16.0. The van der Waals surface area contributed by atoms with Crippen LogP contribution in [-0.4, -0.2) is 166 Å². The maximum absolute atomic E-state index is 15.2. The van der Waals surface area contributed by atoms with Crippen molar-refractivity contribution in [3.63, 3.8) is 0 Å². The number of rotatable bonds is 14. The van der Waals surface area contributed by atoms with Crippen LogP contribution in [0.2, 0.25) is 0 Å². The van der Waals surface area contributed by atoms with Crippen molar-refractivity contribution in [2.75, 3.05) is 30.3 Å². The number of carbonyl (C=O) groups is 7. The molecule has 3 saturated heterocycles. The number of primary amides is 2. The standard InChI is InChI=1S/C56H49F2N19O9/c57-32-15-41(73(22-32)47(79)24-75-39-6-4-27(29-8-10-62-63-19-29)12-35(39)49(70-75)51(59)81)53(83)66-37-3-1-2-30-21-72(11-9-34(30)37)43-17-44(86-55(43)85)38-14-31(20-64-69-38)28-5-7-40-36(13-28)50(52(60)82)71-76(40)25-48(80)74-23-33(58)16-42(74)54(84)67-45-18-46(78)68-56-61-26-65-77(45)56/h1-8,10,12-14,18-20,26,32-33,41-44H,9,11,15-17,21-25H2,(H2,59,81)(H2,60,82)(H,66,83)(H,67,84)(H,61,65,68,78). The molecule has 6 aromatic heterocycles. The number of likely N-dealkylation sites (tertiary alicyclic amines) is 2. The number of nitrogens with one attached hydrogen (secondary N) is 3. The van der Waals surface area contributed by atoms with E-state index in [-0.39, 0.29) is 54.2 Å². The first-order valence-electron chi connectivity index (χ1n) is 27.2. The number of esters is 1. The predicted octanol–water partition coefficient (Wildman–Crippen LogP) is 1.80. The molecule has 86 heavy (non-hydrogen) atoms. The van der Waals surface area contributed by atoms with E-state index in [9.17, 15) is 42.7 Å². The minimum Gasteiger partial charge on any atom is -0.455 e. The summed E-state index contributed by atoms with van der Waals surface area (Å²) in [5, 5.41) is 35.1. The van der Waals surface area contributed by atoms with Gasteiger partial charge in [-0.2, -0.15) is 45.2 Å². The summed E-state index contributed by atoms with van der Waals surface area (Å²) in [7, 11) is 0. The molecule has 0 radical (unpaired) electrons. The van der Waals surface area contributed by atoms with Crippen LogP contribution in [0.25, 0.3) is 49.8 Å². The summed E-state index contributed by atoms with van der Waals surface area (Å²) in [6.07, 6.45) is 2.03. The van der Waals surface area contributed by atoms with Crippen molar-refractivity contribution in [2.24, 2.45) is 11.5 Å². The van der Waals surface area contributed by atoms with E-state index in [1.165, 1.54) is 37.5 Å². The third kappa shape index (κ3) is 10.1. The Balaban J connectivity index is 0.661. The van der Waals surface area contributed by atoms with Crippen molar-refractivity contribution >= 4 is 80.5 Å². The Kier molecular flexibility index (Phi) is 13.8. The van der Waals surface area contributed by atoms with Crippen LogP contribution in [0.3, 0.4) is 0 Å². The average Bonchev–Trinajstić information content (AvgIpc) is 2.81. The van der Waals surface area contributed by atoms with Crippen LogP contribution >= 0.6 is 0 Å². The van der Waals surface area contributed by atoms with Gasteiger partial charge in [0.2, 0.25) is 29.4 Å². The maximum atomic E-state index is 15.2. The van der Waals surface area contributed by atoms with Crippen LogP contribution in [0.15, 0.2) is 103 Å². The molecule has 0 bridgehead atoms. The van der Waals surface area contributed by atoms with E-state index in [4.69, 9.17) is 16.2 Å². The Labute approximate surface area is 482 Å². The van der Waals surface area contributed by atoms with E-state index < -0.39 is 103 Å². The molecule has 13 rings (SSSR count). The lowest BCUT2D eigenvalue weighted by molar-refractivity contribution is -0.146. The molecule has 3 aromatic carbocycles. The number of aromatic amines is 1. The molecule has 0 saturated carbocycles. The summed E-state index contributed by atoms with van der Waals surface area (Å²) in [4.78, 5) is 117. The highest BCUT2D eigenvalue weighted by Crippen LogP contribution is 2.37. The highest BCUT2D eigenvalue weighted by molar-refractivity contribution is 6.07. The highest BCUT2D eigenvalue weighted by Gasteiger charge is 2.44. The SMILES string of the molecule is NC(=O)c1nn(CC(=O)N2CC(F)CC2C(=O)Nc2cccc3c2CCN(C2CC(c4cc(-c5ccc6c(c5)c(C(N)=O)nn6CC(=O)N5CC(F)CC5C(=O)Nc5cc(=O)[nH]c6ncnn56)cnn4)OC2=O)C3)c2ccc(-c3ccnnc3)cc12. The van der Waals surface area contributed by atoms with Crippen LogP contribution in [0, 0.1) is 0 Å². The minimum absolute atomic E-state index is 0.0382. The fraction of sp³-hybridized carbons (Fsp3) is 0.286. The van der Waals surface area contributed by atoms with Gasteiger partial charge in [0.25, 0.3) is 17.4 Å². The molecule has 30 heteroatoms. The number of halogens is 2. The Morgan fingerprint density at radius 3 is 1.99 bits per heavy atom. The zero-order valence-electron chi connectivity index (χ0n) is 45.1. The molecule has 6 unspecified atom stereocenters. The lowest BCUT2D eigenvalue weighted by Crippen LogP contribution is -2.45. The Hall–Kier alpha value is -10.8. The second-order valence-electron chi connectivity index (χ2n) is 21.3. The monoisotopic (exact) mass is 1170 g/mol. The van der Waals surface area contributed by atoms with Crippen LogP contribution in [0.4, 0.5) is 20.3 Å². The van der Waals surface area contributed by atoms with Gasteiger partial charge >= 0.3 is 5.97 Å². The molecule has 6 atom stereocenters.